The Bertz CT molecular complexity index is 918. The lowest BCUT2D eigenvalue weighted by Crippen LogP contribution is -2.36. The molecule has 1 fully saturated rings. The number of ether oxygens (including phenoxy) is 2. The minimum absolute atomic E-state index is 0.0208. The van der Waals surface area contributed by atoms with Gasteiger partial charge < -0.3 is 25.4 Å². The summed E-state index contributed by atoms with van der Waals surface area (Å²) in [5.41, 5.74) is 5.00. The first-order valence-electron chi connectivity index (χ1n) is 8.50. The maximum absolute atomic E-state index is 11.9. The molecule has 1 saturated heterocycles. The van der Waals surface area contributed by atoms with Gasteiger partial charge in [-0.1, -0.05) is 12.1 Å². The van der Waals surface area contributed by atoms with E-state index < -0.39 is 41.3 Å². The molecular weight excluding hydrogens is 372 g/mol. The van der Waals surface area contributed by atoms with Crippen molar-refractivity contribution in [3.63, 3.8) is 0 Å². The van der Waals surface area contributed by atoms with Crippen LogP contribution in [0.1, 0.15) is 24.8 Å². The largest absolute Gasteiger partial charge is 0.387 e. The predicted molar refractivity (Wildman–Crippen MR) is 96.3 cm³/mol. The molecule has 28 heavy (non-hydrogen) atoms. The number of hydrogen-bond donors (Lipinski definition) is 3. The molecule has 1 aliphatic rings. The monoisotopic (exact) mass is 392 g/mol. The normalized spacial score (nSPS) is 25.5. The van der Waals surface area contributed by atoms with Crippen molar-refractivity contribution < 1.29 is 24.6 Å². The first-order valence-corrected chi connectivity index (χ1v) is 8.50. The molecule has 2 heterocycles. The Balaban J connectivity index is 1.70. The van der Waals surface area contributed by atoms with Crippen LogP contribution in [0.2, 0.25) is 0 Å². The van der Waals surface area contributed by atoms with Crippen LogP contribution in [-0.4, -0.2) is 49.6 Å². The second-order valence-corrected chi connectivity index (χ2v) is 6.38. The van der Waals surface area contributed by atoms with E-state index in [2.05, 4.69) is 4.98 Å². The van der Waals surface area contributed by atoms with Crippen LogP contribution in [-0.2, 0) is 9.47 Å². The fourth-order valence-corrected chi connectivity index (χ4v) is 3.04. The van der Waals surface area contributed by atoms with Crippen molar-refractivity contribution in [1.82, 2.24) is 9.55 Å². The number of benzene rings is 1. The molecule has 0 aliphatic carbocycles. The number of aliphatic hydroxyl groups excluding tert-OH is 2. The smallest absolute Gasteiger partial charge is 0.351 e. The first-order chi connectivity index (χ1) is 13.3. The first kappa shape index (κ1) is 19.9. The summed E-state index contributed by atoms with van der Waals surface area (Å²) in [6.45, 7) is 1.48. The van der Waals surface area contributed by atoms with Crippen molar-refractivity contribution >= 4 is 11.5 Å². The number of hydrogen-bond acceptors (Lipinski definition) is 9. The van der Waals surface area contributed by atoms with Gasteiger partial charge in [-0.3, -0.25) is 14.7 Å². The lowest BCUT2D eigenvalue weighted by atomic mass is 10.1. The molecule has 1 aromatic heterocycles. The molecule has 0 radical (unpaired) electrons. The summed E-state index contributed by atoms with van der Waals surface area (Å²) in [5.74, 6) is 0.0208. The molecule has 1 aliphatic heterocycles. The van der Waals surface area contributed by atoms with Crippen LogP contribution in [0.25, 0.3) is 0 Å². The summed E-state index contributed by atoms with van der Waals surface area (Å²) in [6.07, 6.45) is -4.18. The van der Waals surface area contributed by atoms with Crippen molar-refractivity contribution in [2.24, 2.45) is 0 Å². The van der Waals surface area contributed by atoms with Crippen LogP contribution >= 0.6 is 0 Å². The lowest BCUT2D eigenvalue weighted by Gasteiger charge is -2.19. The molecule has 0 saturated carbocycles. The quantitative estimate of drug-likeness (QED) is 0.458. The maximum Gasteiger partial charge on any atom is 0.351 e. The van der Waals surface area contributed by atoms with Crippen molar-refractivity contribution in [3.8, 4) is 0 Å². The highest BCUT2D eigenvalue weighted by Crippen LogP contribution is 2.31. The number of rotatable bonds is 6. The van der Waals surface area contributed by atoms with Crippen molar-refractivity contribution in [1.29, 1.82) is 0 Å². The SMILES string of the molecule is CC(OC[C@H]1O[C@@H](n2ccc(N)nc2=O)[C@H](O)[C@@H]1O)c1ccccc1[N+](=O)[O-]. The van der Waals surface area contributed by atoms with Gasteiger partial charge >= 0.3 is 5.69 Å². The van der Waals surface area contributed by atoms with E-state index in [1.807, 2.05) is 0 Å². The van der Waals surface area contributed by atoms with Gasteiger partial charge in [0.2, 0.25) is 0 Å². The number of para-hydroxylation sites is 1. The molecule has 4 N–H and O–H groups in total. The van der Waals surface area contributed by atoms with Gasteiger partial charge in [-0.2, -0.15) is 4.98 Å². The Labute approximate surface area is 159 Å². The summed E-state index contributed by atoms with van der Waals surface area (Å²) in [4.78, 5) is 26.1. The molecule has 3 rings (SSSR count). The third-order valence-corrected chi connectivity index (χ3v) is 4.54. The summed E-state index contributed by atoms with van der Waals surface area (Å²) < 4.78 is 12.2. The van der Waals surface area contributed by atoms with Crippen LogP contribution in [0.15, 0.2) is 41.3 Å². The Morgan fingerprint density at radius 1 is 1.36 bits per heavy atom. The van der Waals surface area contributed by atoms with Crippen LogP contribution in [0, 0.1) is 10.1 Å². The van der Waals surface area contributed by atoms with Gasteiger partial charge in [0.15, 0.2) is 6.23 Å². The topological polar surface area (TPSA) is 163 Å². The average Bonchev–Trinajstić information content (AvgIpc) is 2.94. The van der Waals surface area contributed by atoms with Gasteiger partial charge in [0.05, 0.1) is 23.2 Å². The van der Waals surface area contributed by atoms with Crippen LogP contribution in [0.5, 0.6) is 0 Å². The van der Waals surface area contributed by atoms with E-state index in [0.717, 1.165) is 4.57 Å². The second kappa shape index (κ2) is 8.02. The van der Waals surface area contributed by atoms with Crippen molar-refractivity contribution in [3.05, 3.63) is 62.7 Å². The third kappa shape index (κ3) is 3.87. The maximum atomic E-state index is 11.9. The Hall–Kier alpha value is -2.86. The zero-order valence-electron chi connectivity index (χ0n) is 14.9. The number of nitro groups is 1. The number of nitrogens with zero attached hydrogens (tertiary/aromatic N) is 3. The molecule has 11 nitrogen and oxygen atoms in total. The van der Waals surface area contributed by atoms with Gasteiger partial charge in [-0.05, 0) is 19.1 Å². The molecular formula is C17H20N4O7. The number of aromatic nitrogens is 2. The molecule has 11 heteroatoms. The number of nitro benzene ring substituents is 1. The molecule has 1 unspecified atom stereocenters. The van der Waals surface area contributed by atoms with Gasteiger partial charge in [-0.25, -0.2) is 4.79 Å². The Morgan fingerprint density at radius 3 is 2.75 bits per heavy atom. The average molecular weight is 392 g/mol. The van der Waals surface area contributed by atoms with Crippen molar-refractivity contribution in [2.75, 3.05) is 12.3 Å². The van der Waals surface area contributed by atoms with Crippen molar-refractivity contribution in [2.45, 2.75) is 37.6 Å². The van der Waals surface area contributed by atoms with E-state index >= 15 is 0 Å². The predicted octanol–water partition coefficient (Wildman–Crippen LogP) is 0.131. The van der Waals surface area contributed by atoms with Crippen LogP contribution in [0.4, 0.5) is 11.5 Å². The summed E-state index contributed by atoms with van der Waals surface area (Å²) in [6, 6.07) is 7.52. The van der Waals surface area contributed by atoms with Gasteiger partial charge in [0.1, 0.15) is 24.1 Å². The standard InChI is InChI=1S/C17H20N4O7/c1-9(10-4-2-3-5-11(10)21(25)26)27-8-12-14(22)15(23)16(28-12)20-7-6-13(18)19-17(20)24/h2-7,9,12,14-16,22-23H,8H2,1H3,(H2,18,19,24)/t9?,12-,14-,15-,16-/m1/s1. The highest BCUT2D eigenvalue weighted by molar-refractivity contribution is 5.41. The van der Waals surface area contributed by atoms with Crippen LogP contribution in [0.3, 0.4) is 0 Å². The van der Waals surface area contributed by atoms with E-state index in [-0.39, 0.29) is 18.1 Å². The fourth-order valence-electron chi connectivity index (χ4n) is 3.04. The number of nitrogens with two attached hydrogens (primary N) is 1. The summed E-state index contributed by atoms with van der Waals surface area (Å²) in [5, 5.41) is 31.6. The molecule has 5 atom stereocenters. The highest BCUT2D eigenvalue weighted by Gasteiger charge is 2.44. The van der Waals surface area contributed by atoms with E-state index in [4.69, 9.17) is 15.2 Å². The van der Waals surface area contributed by atoms with E-state index in [9.17, 15) is 25.1 Å². The molecule has 1 aromatic carbocycles. The van der Waals surface area contributed by atoms with Gasteiger partial charge in [-0.15, -0.1) is 0 Å². The van der Waals surface area contributed by atoms with E-state index in [1.54, 1.807) is 25.1 Å². The Kier molecular flexibility index (Phi) is 5.70. The number of aliphatic hydroxyl groups is 2. The molecule has 2 aromatic rings. The fraction of sp³-hybridized carbons (Fsp3) is 0.412. The molecule has 0 bridgehead atoms. The third-order valence-electron chi connectivity index (χ3n) is 4.54. The summed E-state index contributed by atoms with van der Waals surface area (Å²) in [7, 11) is 0. The van der Waals surface area contributed by atoms with Crippen LogP contribution < -0.4 is 11.4 Å². The lowest BCUT2D eigenvalue weighted by molar-refractivity contribution is -0.386. The van der Waals surface area contributed by atoms with E-state index in [1.165, 1.54) is 18.3 Å². The molecule has 0 spiro atoms. The Morgan fingerprint density at radius 2 is 2.07 bits per heavy atom. The molecule has 150 valence electrons. The minimum Gasteiger partial charge on any atom is -0.387 e. The highest BCUT2D eigenvalue weighted by atomic mass is 16.6. The van der Waals surface area contributed by atoms with Gasteiger partial charge in [0.25, 0.3) is 5.69 Å². The van der Waals surface area contributed by atoms with Gasteiger partial charge in [0, 0.05) is 12.3 Å². The summed E-state index contributed by atoms with van der Waals surface area (Å²) >= 11 is 0. The second-order valence-electron chi connectivity index (χ2n) is 6.38. The van der Waals surface area contributed by atoms with E-state index in [0.29, 0.717) is 5.56 Å². The number of anilines is 1. The number of nitrogen functional groups attached to an aromatic ring is 1. The zero-order chi connectivity index (χ0) is 20.4. The minimum atomic E-state index is -1.39. The zero-order valence-corrected chi connectivity index (χ0v) is 14.9. The molecule has 0 amide bonds.